The second-order valence-electron chi connectivity index (χ2n) is 4.88. The van der Waals surface area contributed by atoms with Crippen molar-refractivity contribution < 1.29 is 0 Å². The van der Waals surface area contributed by atoms with Gasteiger partial charge in [-0.15, -0.1) is 0 Å². The van der Waals surface area contributed by atoms with E-state index >= 15 is 0 Å². The van der Waals surface area contributed by atoms with E-state index in [9.17, 15) is 0 Å². The van der Waals surface area contributed by atoms with Gasteiger partial charge < -0.3 is 4.90 Å². The predicted molar refractivity (Wildman–Crippen MR) is 86.6 cm³/mol. The molecular formula is C17H30N2. The number of rotatable bonds is 10. The maximum absolute atomic E-state index is 4.50. The van der Waals surface area contributed by atoms with Crippen molar-refractivity contribution in [3.8, 4) is 0 Å². The zero-order valence-electron chi connectivity index (χ0n) is 13.2. The fourth-order valence-electron chi connectivity index (χ4n) is 1.89. The maximum atomic E-state index is 4.50. The predicted octanol–water partition coefficient (Wildman–Crippen LogP) is 4.94. The monoisotopic (exact) mass is 262 g/mol. The molecule has 0 amide bonds. The lowest BCUT2D eigenvalue weighted by molar-refractivity contribution is 0.336. The Bertz CT molecular complexity index is 333. The summed E-state index contributed by atoms with van der Waals surface area (Å²) < 4.78 is 0. The Hall–Kier alpha value is -1.27. The van der Waals surface area contributed by atoms with Crippen LogP contribution in [-0.2, 0) is 0 Å². The lowest BCUT2D eigenvalue weighted by Gasteiger charge is -2.22. The lowest BCUT2D eigenvalue weighted by Crippen LogP contribution is -2.24. The Morgan fingerprint density at radius 1 is 1.16 bits per heavy atom. The van der Waals surface area contributed by atoms with Crippen molar-refractivity contribution in [2.75, 3.05) is 13.1 Å². The third-order valence-corrected chi connectivity index (χ3v) is 2.93. The van der Waals surface area contributed by atoms with Gasteiger partial charge >= 0.3 is 0 Å². The zero-order valence-corrected chi connectivity index (χ0v) is 13.2. The van der Waals surface area contributed by atoms with Gasteiger partial charge in [-0.05, 0) is 32.3 Å². The largest absolute Gasteiger partial charge is 0.350 e. The molecule has 2 nitrogen and oxygen atoms in total. The van der Waals surface area contributed by atoms with Gasteiger partial charge in [-0.1, -0.05) is 51.5 Å². The van der Waals surface area contributed by atoms with Crippen molar-refractivity contribution >= 4 is 6.21 Å². The fraction of sp³-hybridized carbons (Fsp3) is 0.647. The molecule has 0 N–H and O–H groups in total. The van der Waals surface area contributed by atoms with Crippen LogP contribution in [0.25, 0.3) is 0 Å². The number of aliphatic imine (C=N–C) groups is 1. The van der Waals surface area contributed by atoms with Gasteiger partial charge in [0.1, 0.15) is 0 Å². The van der Waals surface area contributed by atoms with Crippen LogP contribution >= 0.6 is 0 Å². The highest BCUT2D eigenvalue weighted by molar-refractivity contribution is 5.73. The maximum Gasteiger partial charge on any atom is 0.172 e. The SMILES string of the molecule is C=C=C(/N=C\C=C(/C)CCC)N(CCC)CCCC. The first kappa shape index (κ1) is 17.7. The van der Waals surface area contributed by atoms with E-state index in [4.69, 9.17) is 0 Å². The van der Waals surface area contributed by atoms with Crippen LogP contribution in [0.2, 0.25) is 0 Å². The summed E-state index contributed by atoms with van der Waals surface area (Å²) in [5.74, 6) is 0.871. The summed E-state index contributed by atoms with van der Waals surface area (Å²) >= 11 is 0. The van der Waals surface area contributed by atoms with Crippen molar-refractivity contribution in [1.82, 2.24) is 4.90 Å². The average Bonchev–Trinajstić information content (AvgIpc) is 2.40. The summed E-state index contributed by atoms with van der Waals surface area (Å²) in [5, 5.41) is 0. The number of hydrogen-bond acceptors (Lipinski definition) is 2. The third kappa shape index (κ3) is 8.45. The molecule has 0 aliphatic rings. The topological polar surface area (TPSA) is 15.6 Å². The number of allylic oxidation sites excluding steroid dienone is 2. The molecule has 0 spiro atoms. The molecule has 2 heteroatoms. The number of hydrogen-bond donors (Lipinski definition) is 0. The second kappa shape index (κ2) is 11.8. The van der Waals surface area contributed by atoms with Crippen LogP contribution in [0.3, 0.4) is 0 Å². The van der Waals surface area contributed by atoms with Crippen molar-refractivity contribution in [2.24, 2.45) is 4.99 Å². The summed E-state index contributed by atoms with van der Waals surface area (Å²) in [6.07, 6.45) is 9.79. The zero-order chi connectivity index (χ0) is 14.5. The van der Waals surface area contributed by atoms with Gasteiger partial charge in [-0.3, -0.25) is 0 Å². The van der Waals surface area contributed by atoms with Crippen LogP contribution in [0.4, 0.5) is 0 Å². The van der Waals surface area contributed by atoms with E-state index in [0.29, 0.717) is 0 Å². The molecule has 0 aromatic rings. The summed E-state index contributed by atoms with van der Waals surface area (Å²) in [6.45, 7) is 14.6. The van der Waals surface area contributed by atoms with Gasteiger partial charge in [-0.2, -0.15) is 0 Å². The minimum absolute atomic E-state index is 0.871. The molecule has 0 unspecified atom stereocenters. The molecule has 0 aliphatic heterocycles. The average molecular weight is 262 g/mol. The molecule has 0 rings (SSSR count). The van der Waals surface area contributed by atoms with Gasteiger partial charge in [0.15, 0.2) is 5.82 Å². The molecule has 0 atom stereocenters. The summed E-state index contributed by atoms with van der Waals surface area (Å²) in [7, 11) is 0. The minimum atomic E-state index is 0.871. The number of unbranched alkanes of at least 4 members (excludes halogenated alkanes) is 1. The highest BCUT2D eigenvalue weighted by Crippen LogP contribution is 2.08. The standard InChI is InChI=1S/C17H30N2/c1-6-10-15-19(14-8-3)17(9-4)18-13-12-16(5)11-7-2/h12-13H,4,6-8,10-11,14-15H2,1-3,5H3/b16-12+,18-13-. The Morgan fingerprint density at radius 2 is 1.89 bits per heavy atom. The van der Waals surface area contributed by atoms with E-state index in [1.165, 1.54) is 24.8 Å². The van der Waals surface area contributed by atoms with Gasteiger partial charge in [0.25, 0.3) is 0 Å². The first-order chi connectivity index (χ1) is 9.19. The minimum Gasteiger partial charge on any atom is -0.350 e. The van der Waals surface area contributed by atoms with Crippen LogP contribution in [0.5, 0.6) is 0 Å². The van der Waals surface area contributed by atoms with Crippen molar-refractivity contribution in [2.45, 2.75) is 59.8 Å². The molecule has 0 heterocycles. The summed E-state index contributed by atoms with van der Waals surface area (Å²) in [4.78, 5) is 6.78. The molecule has 0 aromatic heterocycles. The van der Waals surface area contributed by atoms with Crippen LogP contribution in [0, 0.1) is 0 Å². The quantitative estimate of drug-likeness (QED) is 0.402. The molecule has 0 bridgehead atoms. The summed E-state index contributed by atoms with van der Waals surface area (Å²) in [5.41, 5.74) is 4.33. The Labute approximate surface area is 119 Å². The molecule has 0 saturated heterocycles. The summed E-state index contributed by atoms with van der Waals surface area (Å²) in [6, 6.07) is 0. The van der Waals surface area contributed by atoms with E-state index in [1.807, 2.05) is 6.21 Å². The third-order valence-electron chi connectivity index (χ3n) is 2.93. The fourth-order valence-corrected chi connectivity index (χ4v) is 1.89. The molecule has 0 fully saturated rings. The van der Waals surface area contributed by atoms with Crippen molar-refractivity contribution in [3.63, 3.8) is 0 Å². The van der Waals surface area contributed by atoms with Crippen LogP contribution in [-0.4, -0.2) is 24.2 Å². The molecule has 0 saturated carbocycles. The molecule has 0 aromatic carbocycles. The van der Waals surface area contributed by atoms with Crippen LogP contribution in [0.15, 0.2) is 34.8 Å². The first-order valence-corrected chi connectivity index (χ1v) is 7.54. The van der Waals surface area contributed by atoms with Crippen LogP contribution < -0.4 is 0 Å². The smallest absolute Gasteiger partial charge is 0.172 e. The van der Waals surface area contributed by atoms with Gasteiger partial charge in [0.05, 0.1) is 0 Å². The molecular weight excluding hydrogens is 232 g/mol. The molecule has 108 valence electrons. The van der Waals surface area contributed by atoms with E-state index in [2.05, 4.69) is 56.0 Å². The van der Waals surface area contributed by atoms with E-state index < -0.39 is 0 Å². The molecule has 0 radical (unpaired) electrons. The first-order valence-electron chi connectivity index (χ1n) is 7.54. The molecule has 19 heavy (non-hydrogen) atoms. The normalized spacial score (nSPS) is 11.7. The number of nitrogens with zero attached hydrogens (tertiary/aromatic N) is 2. The van der Waals surface area contributed by atoms with Crippen molar-refractivity contribution in [3.05, 3.63) is 29.8 Å². The van der Waals surface area contributed by atoms with Gasteiger partial charge in [0.2, 0.25) is 0 Å². The Balaban J connectivity index is 4.64. The highest BCUT2D eigenvalue weighted by Gasteiger charge is 2.05. The molecule has 0 aliphatic carbocycles. The second-order valence-corrected chi connectivity index (χ2v) is 4.88. The van der Waals surface area contributed by atoms with Gasteiger partial charge in [-0.25, -0.2) is 4.99 Å². The van der Waals surface area contributed by atoms with Gasteiger partial charge in [0, 0.05) is 19.3 Å². The van der Waals surface area contributed by atoms with Crippen LogP contribution in [0.1, 0.15) is 59.8 Å². The lowest BCUT2D eigenvalue weighted by atomic mass is 10.2. The van der Waals surface area contributed by atoms with E-state index in [-0.39, 0.29) is 0 Å². The highest BCUT2D eigenvalue weighted by atomic mass is 15.2. The van der Waals surface area contributed by atoms with E-state index in [1.54, 1.807) is 0 Å². The Morgan fingerprint density at radius 3 is 2.42 bits per heavy atom. The van der Waals surface area contributed by atoms with E-state index in [0.717, 1.165) is 31.8 Å². The Kier molecular flexibility index (Phi) is 11.0. The van der Waals surface area contributed by atoms with Crippen molar-refractivity contribution in [1.29, 1.82) is 0 Å².